The fourth-order valence-corrected chi connectivity index (χ4v) is 3.29. The average molecular weight is 402 g/mol. The lowest BCUT2D eigenvalue weighted by atomic mass is 10.0. The van der Waals surface area contributed by atoms with Crippen molar-refractivity contribution in [2.75, 3.05) is 10.6 Å². The van der Waals surface area contributed by atoms with Gasteiger partial charge in [-0.05, 0) is 47.2 Å². The third-order valence-electron chi connectivity index (χ3n) is 4.88. The molecule has 3 aromatic rings. The Balaban J connectivity index is 1.79. The van der Waals surface area contributed by atoms with Crippen molar-refractivity contribution in [1.82, 2.24) is 4.98 Å². The second kappa shape index (κ2) is 9.35. The molecule has 0 bridgehead atoms. The van der Waals surface area contributed by atoms with Crippen molar-refractivity contribution in [2.45, 2.75) is 39.5 Å². The van der Waals surface area contributed by atoms with Crippen LogP contribution in [0.4, 0.5) is 11.4 Å². The number of para-hydroxylation sites is 2. The second-order valence-electron chi connectivity index (χ2n) is 7.80. The summed E-state index contributed by atoms with van der Waals surface area (Å²) >= 11 is 0. The van der Waals surface area contributed by atoms with Gasteiger partial charge in [0.1, 0.15) is 11.4 Å². The molecule has 2 amide bonds. The van der Waals surface area contributed by atoms with Crippen LogP contribution in [-0.2, 0) is 0 Å². The van der Waals surface area contributed by atoms with Crippen LogP contribution in [0, 0.1) is 0 Å². The van der Waals surface area contributed by atoms with Crippen molar-refractivity contribution in [2.24, 2.45) is 0 Å². The fraction of sp³-hybridized carbons (Fsp3) is 0.240. The van der Waals surface area contributed by atoms with E-state index in [4.69, 9.17) is 0 Å². The minimum atomic E-state index is -0.347. The van der Waals surface area contributed by atoms with E-state index in [2.05, 4.69) is 43.3 Å². The normalized spacial score (nSPS) is 10.9. The maximum atomic E-state index is 12.8. The number of carbonyl (C=O) groups is 2. The van der Waals surface area contributed by atoms with Gasteiger partial charge in [0.2, 0.25) is 0 Å². The van der Waals surface area contributed by atoms with Crippen LogP contribution in [0.25, 0.3) is 0 Å². The van der Waals surface area contributed by atoms with Crippen molar-refractivity contribution >= 4 is 23.2 Å². The summed E-state index contributed by atoms with van der Waals surface area (Å²) in [5.41, 5.74) is 3.98. The number of benzene rings is 2. The van der Waals surface area contributed by atoms with Gasteiger partial charge in [-0.1, -0.05) is 70.2 Å². The Kier molecular flexibility index (Phi) is 6.62. The zero-order valence-corrected chi connectivity index (χ0v) is 17.8. The van der Waals surface area contributed by atoms with Gasteiger partial charge in [0.25, 0.3) is 11.8 Å². The van der Waals surface area contributed by atoms with E-state index in [0.717, 1.165) is 22.5 Å². The number of hydrogen-bond donors (Lipinski definition) is 2. The maximum Gasteiger partial charge on any atom is 0.274 e. The number of rotatable bonds is 6. The summed E-state index contributed by atoms with van der Waals surface area (Å²) in [7, 11) is 0. The van der Waals surface area contributed by atoms with E-state index in [0.29, 0.717) is 0 Å². The largest absolute Gasteiger partial charge is 0.320 e. The number of nitrogens with one attached hydrogen (secondary N) is 2. The molecule has 0 aliphatic heterocycles. The first kappa shape index (κ1) is 21.2. The molecule has 0 aliphatic rings. The summed E-state index contributed by atoms with van der Waals surface area (Å²) in [6, 6.07) is 20.2. The topological polar surface area (TPSA) is 71.1 Å². The zero-order valence-electron chi connectivity index (χ0n) is 17.8. The number of amides is 2. The highest BCUT2D eigenvalue weighted by Crippen LogP contribution is 2.25. The van der Waals surface area contributed by atoms with Gasteiger partial charge in [-0.15, -0.1) is 0 Å². The van der Waals surface area contributed by atoms with Gasteiger partial charge in [0.05, 0.1) is 0 Å². The van der Waals surface area contributed by atoms with E-state index >= 15 is 0 Å². The first-order valence-electron chi connectivity index (χ1n) is 10.1. The van der Waals surface area contributed by atoms with Crippen LogP contribution in [-0.4, -0.2) is 16.8 Å². The van der Waals surface area contributed by atoms with Crippen molar-refractivity contribution in [3.05, 3.63) is 89.2 Å². The lowest BCUT2D eigenvalue weighted by molar-refractivity contribution is 0.101. The summed E-state index contributed by atoms with van der Waals surface area (Å²) in [6.07, 6.45) is 0. The Morgan fingerprint density at radius 2 is 1.03 bits per heavy atom. The second-order valence-corrected chi connectivity index (χ2v) is 7.80. The van der Waals surface area contributed by atoms with Crippen LogP contribution in [0.15, 0.2) is 66.7 Å². The fourth-order valence-electron chi connectivity index (χ4n) is 3.29. The molecule has 5 nitrogen and oxygen atoms in total. The molecular weight excluding hydrogens is 374 g/mol. The third-order valence-corrected chi connectivity index (χ3v) is 4.88. The molecule has 0 spiro atoms. The molecule has 0 atom stereocenters. The molecule has 154 valence electrons. The van der Waals surface area contributed by atoms with Crippen molar-refractivity contribution in [1.29, 1.82) is 0 Å². The Hall–Kier alpha value is -3.47. The minimum absolute atomic E-state index is 0.193. The molecule has 0 aliphatic carbocycles. The Morgan fingerprint density at radius 3 is 1.43 bits per heavy atom. The Morgan fingerprint density at radius 1 is 0.633 bits per heavy atom. The molecule has 30 heavy (non-hydrogen) atoms. The standard InChI is InChI=1S/C25H27N3O2/c1-16(2)18-10-5-7-12-20(18)27-24(29)22-14-9-15-23(26-22)25(30)28-21-13-8-6-11-19(21)17(3)4/h5-17H,1-4H3,(H,27,29)(H,28,30). The number of carbonyl (C=O) groups excluding carboxylic acids is 2. The zero-order chi connectivity index (χ0) is 21.7. The summed E-state index contributed by atoms with van der Waals surface area (Å²) in [6.45, 7) is 8.29. The molecule has 0 fully saturated rings. The van der Waals surface area contributed by atoms with Gasteiger partial charge < -0.3 is 10.6 Å². The van der Waals surface area contributed by atoms with Crippen LogP contribution < -0.4 is 10.6 Å². The first-order valence-corrected chi connectivity index (χ1v) is 10.1. The molecule has 1 aromatic heterocycles. The van der Waals surface area contributed by atoms with E-state index in [1.165, 1.54) is 0 Å². The first-order chi connectivity index (χ1) is 14.4. The lowest BCUT2D eigenvalue weighted by Crippen LogP contribution is -2.19. The number of pyridine rings is 1. The van der Waals surface area contributed by atoms with Gasteiger partial charge in [0.15, 0.2) is 0 Å². The van der Waals surface area contributed by atoms with Crippen LogP contribution >= 0.6 is 0 Å². The van der Waals surface area contributed by atoms with E-state index in [9.17, 15) is 9.59 Å². The Bertz CT molecular complexity index is 977. The van der Waals surface area contributed by atoms with E-state index in [-0.39, 0.29) is 35.0 Å². The molecular formula is C25H27N3O2. The van der Waals surface area contributed by atoms with Crippen molar-refractivity contribution in [3.8, 4) is 0 Å². The van der Waals surface area contributed by atoms with Crippen LogP contribution in [0.3, 0.4) is 0 Å². The van der Waals surface area contributed by atoms with Gasteiger partial charge in [-0.3, -0.25) is 9.59 Å². The van der Waals surface area contributed by atoms with Crippen LogP contribution in [0.5, 0.6) is 0 Å². The SMILES string of the molecule is CC(C)c1ccccc1NC(=O)c1cccc(C(=O)Nc2ccccc2C(C)C)n1. The van der Waals surface area contributed by atoms with Crippen LogP contribution in [0.2, 0.25) is 0 Å². The predicted octanol–water partition coefficient (Wildman–Crippen LogP) is 5.83. The maximum absolute atomic E-state index is 12.8. The van der Waals surface area contributed by atoms with Gasteiger partial charge in [-0.2, -0.15) is 0 Å². The lowest BCUT2D eigenvalue weighted by Gasteiger charge is -2.14. The van der Waals surface area contributed by atoms with E-state index < -0.39 is 0 Å². The third kappa shape index (κ3) is 4.92. The molecule has 0 saturated carbocycles. The highest BCUT2D eigenvalue weighted by molar-refractivity contribution is 6.06. The summed E-state index contributed by atoms with van der Waals surface area (Å²) in [5, 5.41) is 5.83. The monoisotopic (exact) mass is 401 g/mol. The smallest absolute Gasteiger partial charge is 0.274 e. The average Bonchev–Trinajstić information content (AvgIpc) is 2.74. The number of anilines is 2. The molecule has 2 N–H and O–H groups in total. The highest BCUT2D eigenvalue weighted by atomic mass is 16.2. The van der Waals surface area contributed by atoms with Gasteiger partial charge >= 0.3 is 0 Å². The predicted molar refractivity (Wildman–Crippen MR) is 121 cm³/mol. The van der Waals surface area contributed by atoms with Crippen LogP contribution in [0.1, 0.15) is 71.6 Å². The van der Waals surface area contributed by atoms with Gasteiger partial charge in [-0.25, -0.2) is 4.98 Å². The molecule has 1 heterocycles. The number of hydrogen-bond acceptors (Lipinski definition) is 3. The van der Waals surface area contributed by atoms with Gasteiger partial charge in [0, 0.05) is 11.4 Å². The molecule has 0 saturated heterocycles. The molecule has 0 radical (unpaired) electrons. The Labute approximate surface area is 177 Å². The minimum Gasteiger partial charge on any atom is -0.320 e. The van der Waals surface area contributed by atoms with Crippen molar-refractivity contribution < 1.29 is 9.59 Å². The molecule has 3 rings (SSSR count). The van der Waals surface area contributed by atoms with E-state index in [1.54, 1.807) is 18.2 Å². The summed E-state index contributed by atoms with van der Waals surface area (Å²) < 4.78 is 0. The van der Waals surface area contributed by atoms with Crippen molar-refractivity contribution in [3.63, 3.8) is 0 Å². The summed E-state index contributed by atoms with van der Waals surface area (Å²) in [4.78, 5) is 29.8. The highest BCUT2D eigenvalue weighted by Gasteiger charge is 2.16. The number of nitrogens with zero attached hydrogens (tertiary/aromatic N) is 1. The molecule has 2 aromatic carbocycles. The molecule has 5 heteroatoms. The quantitative estimate of drug-likeness (QED) is 0.546. The number of aromatic nitrogens is 1. The summed E-state index contributed by atoms with van der Waals surface area (Å²) in [5.74, 6) is -0.152. The van der Waals surface area contributed by atoms with E-state index in [1.807, 2.05) is 48.5 Å². The molecule has 0 unspecified atom stereocenters.